The van der Waals surface area contributed by atoms with E-state index >= 15 is 0 Å². The van der Waals surface area contributed by atoms with Crippen molar-refractivity contribution in [1.29, 1.82) is 0 Å². The lowest BCUT2D eigenvalue weighted by atomic mass is 9.79. The van der Waals surface area contributed by atoms with E-state index in [2.05, 4.69) is 6.58 Å². The number of ether oxygens (including phenoxy) is 4. The second kappa shape index (κ2) is 8.80. The van der Waals surface area contributed by atoms with Crippen molar-refractivity contribution in [3.63, 3.8) is 0 Å². The predicted octanol–water partition coefficient (Wildman–Crippen LogP) is 1.56. The molecule has 2 rings (SSSR count). The number of epoxide rings is 1. The minimum Gasteiger partial charge on any atom is -0.462 e. The average Bonchev–Trinajstić information content (AvgIpc) is 3.40. The van der Waals surface area contributed by atoms with E-state index in [9.17, 15) is 14.4 Å². The van der Waals surface area contributed by atoms with Gasteiger partial charge in [-0.15, -0.1) is 0 Å². The number of esters is 3. The van der Waals surface area contributed by atoms with Gasteiger partial charge in [0.1, 0.15) is 25.9 Å². The van der Waals surface area contributed by atoms with Crippen molar-refractivity contribution < 1.29 is 33.3 Å². The third-order valence-electron chi connectivity index (χ3n) is 4.12. The van der Waals surface area contributed by atoms with Gasteiger partial charge in [-0.3, -0.25) is 9.59 Å². The molecule has 1 aliphatic carbocycles. The maximum Gasteiger partial charge on any atom is 0.333 e. The van der Waals surface area contributed by atoms with Crippen LogP contribution in [0.1, 0.15) is 26.7 Å². The monoisotopic (exact) mass is 352 g/mol. The van der Waals surface area contributed by atoms with E-state index in [1.165, 1.54) is 6.92 Å². The lowest BCUT2D eigenvalue weighted by Gasteiger charge is -2.28. The Balaban J connectivity index is 1.84. The van der Waals surface area contributed by atoms with Gasteiger partial charge in [0.2, 0.25) is 0 Å². The molecule has 1 fully saturated rings. The van der Waals surface area contributed by atoms with E-state index in [0.717, 1.165) is 5.57 Å². The molecule has 0 amide bonds. The van der Waals surface area contributed by atoms with Crippen LogP contribution >= 0.6 is 0 Å². The number of carbonyl (C=O) groups excluding carboxylic acids is 3. The summed E-state index contributed by atoms with van der Waals surface area (Å²) in [5.41, 5.74) is 1.09. The molecular weight excluding hydrogens is 328 g/mol. The topological polar surface area (TPSA) is 91.4 Å². The Morgan fingerprint density at radius 1 is 1.20 bits per heavy atom. The maximum atomic E-state index is 12.3. The van der Waals surface area contributed by atoms with Crippen molar-refractivity contribution in [2.75, 3.05) is 26.4 Å². The highest BCUT2D eigenvalue weighted by atomic mass is 16.6. The van der Waals surface area contributed by atoms with Crippen LogP contribution in [0, 0.1) is 11.8 Å². The van der Waals surface area contributed by atoms with Crippen LogP contribution in [0.4, 0.5) is 0 Å². The maximum absolute atomic E-state index is 12.3. The number of rotatable bonds is 8. The Morgan fingerprint density at radius 2 is 1.88 bits per heavy atom. The molecule has 25 heavy (non-hydrogen) atoms. The molecule has 3 atom stereocenters. The van der Waals surface area contributed by atoms with Gasteiger partial charge < -0.3 is 18.9 Å². The highest BCUT2D eigenvalue weighted by Crippen LogP contribution is 2.32. The quantitative estimate of drug-likeness (QED) is 0.163. The van der Waals surface area contributed by atoms with E-state index in [1.807, 2.05) is 13.0 Å². The van der Waals surface area contributed by atoms with Gasteiger partial charge in [0, 0.05) is 5.57 Å². The van der Waals surface area contributed by atoms with Crippen molar-refractivity contribution >= 4 is 17.9 Å². The molecule has 1 saturated heterocycles. The molecule has 0 aromatic heterocycles. The van der Waals surface area contributed by atoms with E-state index < -0.39 is 29.7 Å². The summed E-state index contributed by atoms with van der Waals surface area (Å²) in [6.07, 6.45) is 3.13. The van der Waals surface area contributed by atoms with E-state index in [4.69, 9.17) is 18.9 Å². The summed E-state index contributed by atoms with van der Waals surface area (Å²) in [6.45, 7) is 7.51. The normalized spacial score (nSPS) is 24.7. The summed E-state index contributed by atoms with van der Waals surface area (Å²) < 4.78 is 20.3. The lowest BCUT2D eigenvalue weighted by molar-refractivity contribution is -0.161. The molecular formula is C18H24O7. The molecule has 0 radical (unpaired) electrons. The minimum absolute atomic E-state index is 0.0229. The van der Waals surface area contributed by atoms with Crippen LogP contribution in [0.2, 0.25) is 0 Å². The number of hydrogen-bond acceptors (Lipinski definition) is 7. The molecule has 0 bridgehead atoms. The Bertz CT molecular complexity index is 574. The Labute approximate surface area is 146 Å². The van der Waals surface area contributed by atoms with Crippen molar-refractivity contribution in [2.24, 2.45) is 11.8 Å². The number of allylic oxidation sites excluding steroid dienone is 1. The number of carbonyl (C=O) groups is 3. The highest BCUT2D eigenvalue weighted by molar-refractivity contribution is 5.87. The molecule has 0 spiro atoms. The molecule has 0 aromatic rings. The summed E-state index contributed by atoms with van der Waals surface area (Å²) in [6, 6.07) is 0. The zero-order chi connectivity index (χ0) is 18.4. The van der Waals surface area contributed by atoms with Crippen LogP contribution in [0.25, 0.3) is 0 Å². The highest BCUT2D eigenvalue weighted by Gasteiger charge is 2.39. The van der Waals surface area contributed by atoms with Crippen molar-refractivity contribution in [2.45, 2.75) is 32.8 Å². The van der Waals surface area contributed by atoms with Gasteiger partial charge in [-0.25, -0.2) is 4.79 Å². The molecule has 0 aromatic carbocycles. The average molecular weight is 352 g/mol. The molecule has 1 heterocycles. The summed E-state index contributed by atoms with van der Waals surface area (Å²) in [5, 5.41) is 0. The van der Waals surface area contributed by atoms with Crippen LogP contribution < -0.4 is 0 Å². The van der Waals surface area contributed by atoms with Crippen LogP contribution in [0.3, 0.4) is 0 Å². The second-order valence-electron chi connectivity index (χ2n) is 6.28. The third-order valence-corrected chi connectivity index (χ3v) is 4.12. The zero-order valence-electron chi connectivity index (χ0n) is 14.6. The molecule has 2 aliphatic rings. The SMILES string of the molecule is C=C(C)C(=O)OCCOC(=O)C1CCC=C(C)C1C(=O)OCC1CO1. The van der Waals surface area contributed by atoms with Gasteiger partial charge >= 0.3 is 17.9 Å². The van der Waals surface area contributed by atoms with E-state index in [0.29, 0.717) is 19.4 Å². The smallest absolute Gasteiger partial charge is 0.333 e. The fraction of sp³-hybridized carbons (Fsp3) is 0.611. The molecule has 0 N–H and O–H groups in total. The number of hydrogen-bond donors (Lipinski definition) is 0. The molecule has 1 aliphatic heterocycles. The molecule has 7 nitrogen and oxygen atoms in total. The van der Waals surface area contributed by atoms with Gasteiger partial charge in [0.25, 0.3) is 0 Å². The van der Waals surface area contributed by atoms with Crippen molar-refractivity contribution in [3.05, 3.63) is 23.8 Å². The fourth-order valence-corrected chi connectivity index (χ4v) is 2.64. The molecule has 7 heteroatoms. The summed E-state index contributed by atoms with van der Waals surface area (Å²) in [7, 11) is 0. The van der Waals surface area contributed by atoms with E-state index in [-0.39, 0.29) is 31.5 Å². The molecule has 3 unspecified atom stereocenters. The third kappa shape index (κ3) is 5.70. The van der Waals surface area contributed by atoms with Gasteiger partial charge in [-0.2, -0.15) is 0 Å². The van der Waals surface area contributed by atoms with Crippen molar-refractivity contribution in [1.82, 2.24) is 0 Å². The van der Waals surface area contributed by atoms with Gasteiger partial charge in [0.15, 0.2) is 0 Å². The van der Waals surface area contributed by atoms with Crippen LogP contribution in [0.15, 0.2) is 23.8 Å². The second-order valence-corrected chi connectivity index (χ2v) is 6.28. The van der Waals surface area contributed by atoms with Crippen molar-refractivity contribution in [3.8, 4) is 0 Å². The Hall–Kier alpha value is -2.15. The minimum atomic E-state index is -0.641. The Kier molecular flexibility index (Phi) is 6.75. The van der Waals surface area contributed by atoms with Crippen LogP contribution in [0.5, 0.6) is 0 Å². The fourth-order valence-electron chi connectivity index (χ4n) is 2.64. The Morgan fingerprint density at radius 3 is 2.52 bits per heavy atom. The van der Waals surface area contributed by atoms with Gasteiger partial charge in [0.05, 0.1) is 18.4 Å². The summed E-state index contributed by atoms with van der Waals surface area (Å²) in [5.74, 6) is -2.67. The summed E-state index contributed by atoms with van der Waals surface area (Å²) >= 11 is 0. The first-order valence-corrected chi connectivity index (χ1v) is 8.34. The van der Waals surface area contributed by atoms with E-state index in [1.54, 1.807) is 0 Å². The largest absolute Gasteiger partial charge is 0.462 e. The summed E-state index contributed by atoms with van der Waals surface area (Å²) in [4.78, 5) is 36.0. The molecule has 138 valence electrons. The first-order valence-electron chi connectivity index (χ1n) is 8.34. The lowest BCUT2D eigenvalue weighted by Crippen LogP contribution is -2.36. The standard InChI is InChI=1S/C18H24O7/c1-11(2)16(19)22-7-8-23-17(20)14-6-4-5-12(3)15(14)18(21)25-10-13-9-24-13/h5,13-15H,1,4,6-10H2,2-3H3. The zero-order valence-corrected chi connectivity index (χ0v) is 14.6. The van der Waals surface area contributed by atoms with Crippen LogP contribution in [-0.2, 0) is 33.3 Å². The predicted molar refractivity (Wildman–Crippen MR) is 87.4 cm³/mol. The first kappa shape index (κ1) is 19.2. The first-order chi connectivity index (χ1) is 11.9. The molecule has 0 saturated carbocycles. The van der Waals surface area contributed by atoms with Gasteiger partial charge in [-0.05, 0) is 26.7 Å². The van der Waals surface area contributed by atoms with Gasteiger partial charge in [-0.1, -0.05) is 18.2 Å². The van der Waals surface area contributed by atoms with Crippen LogP contribution in [-0.4, -0.2) is 50.4 Å².